The van der Waals surface area contributed by atoms with Gasteiger partial charge in [0.1, 0.15) is 6.20 Å². The minimum atomic E-state index is 0.128. The Labute approximate surface area is 107 Å². The van der Waals surface area contributed by atoms with Crippen LogP contribution in [0.1, 0.15) is 26.3 Å². The molecule has 2 rings (SSSR count). The molecule has 0 saturated heterocycles. The molecule has 0 saturated carbocycles. The fourth-order valence-electron chi connectivity index (χ4n) is 1.74. The quantitative estimate of drug-likeness (QED) is 0.702. The van der Waals surface area contributed by atoms with Crippen molar-refractivity contribution >= 4 is 5.82 Å². The van der Waals surface area contributed by atoms with E-state index in [1.165, 1.54) is 5.56 Å². The molecule has 0 bridgehead atoms. The van der Waals surface area contributed by atoms with E-state index in [1.807, 2.05) is 12.1 Å². The summed E-state index contributed by atoms with van der Waals surface area (Å²) in [6.07, 6.45) is 3.15. The lowest BCUT2D eigenvalue weighted by Gasteiger charge is -2.19. The van der Waals surface area contributed by atoms with Crippen LogP contribution >= 0.6 is 0 Å². The first-order chi connectivity index (χ1) is 8.52. The topological polar surface area (TPSA) is 30.1 Å². The number of hydrogen-bond acceptors (Lipinski definition) is 2. The van der Waals surface area contributed by atoms with Crippen LogP contribution in [0, 0.1) is 6.57 Å². The first-order valence-corrected chi connectivity index (χ1v) is 5.82. The lowest BCUT2D eigenvalue weighted by molar-refractivity contribution is 0.590. The Kier molecular flexibility index (Phi) is 3.12. The number of rotatable bonds is 1. The number of nitrogens with zero attached hydrogens (tertiary/aromatic N) is 3. The molecule has 0 aliphatic heterocycles. The molecular formula is C15H15N3. The molecular weight excluding hydrogens is 222 g/mol. The predicted octanol–water partition coefficient (Wildman–Crippen LogP) is 3.99. The van der Waals surface area contributed by atoms with E-state index >= 15 is 0 Å². The predicted molar refractivity (Wildman–Crippen MR) is 72.4 cm³/mol. The molecule has 0 spiro atoms. The highest BCUT2D eigenvalue weighted by Gasteiger charge is 2.14. The molecule has 0 amide bonds. The standard InChI is InChI=1S/C15H15N3/c1-15(2,3)12-7-5-11(6-8-12)13-14(16-4)18-10-9-17-13/h5-10H,1-3H3. The summed E-state index contributed by atoms with van der Waals surface area (Å²) >= 11 is 0. The molecule has 0 atom stereocenters. The van der Waals surface area contributed by atoms with Gasteiger partial charge in [0.05, 0.1) is 11.9 Å². The van der Waals surface area contributed by atoms with Crippen molar-refractivity contribution in [1.29, 1.82) is 0 Å². The third kappa shape index (κ3) is 2.38. The van der Waals surface area contributed by atoms with Crippen LogP contribution in [-0.4, -0.2) is 9.97 Å². The Balaban J connectivity index is 2.45. The third-order valence-corrected chi connectivity index (χ3v) is 2.81. The SMILES string of the molecule is [C-]#[N+]c1nccnc1-c1ccc(C(C)(C)C)cc1. The zero-order valence-corrected chi connectivity index (χ0v) is 10.8. The van der Waals surface area contributed by atoms with Gasteiger partial charge in [-0.1, -0.05) is 51.6 Å². The first-order valence-electron chi connectivity index (χ1n) is 5.82. The van der Waals surface area contributed by atoms with Crippen LogP contribution in [0.2, 0.25) is 0 Å². The molecule has 0 fully saturated rings. The fraction of sp³-hybridized carbons (Fsp3) is 0.267. The molecule has 2 aromatic rings. The van der Waals surface area contributed by atoms with E-state index in [0.717, 1.165) is 5.56 Å². The molecule has 0 N–H and O–H groups in total. The van der Waals surface area contributed by atoms with Gasteiger partial charge in [0.2, 0.25) is 0 Å². The summed E-state index contributed by atoms with van der Waals surface area (Å²) in [5.41, 5.74) is 2.97. The summed E-state index contributed by atoms with van der Waals surface area (Å²) < 4.78 is 0. The van der Waals surface area contributed by atoms with E-state index in [0.29, 0.717) is 11.5 Å². The van der Waals surface area contributed by atoms with Gasteiger partial charge in [-0.05, 0) is 16.5 Å². The molecule has 0 aliphatic rings. The van der Waals surface area contributed by atoms with E-state index in [1.54, 1.807) is 12.4 Å². The Bertz CT molecular complexity index is 586. The van der Waals surface area contributed by atoms with E-state index in [2.05, 4.69) is 47.7 Å². The molecule has 0 radical (unpaired) electrons. The molecule has 3 heteroatoms. The lowest BCUT2D eigenvalue weighted by Crippen LogP contribution is -2.10. The lowest BCUT2D eigenvalue weighted by atomic mass is 9.86. The van der Waals surface area contributed by atoms with Gasteiger partial charge >= 0.3 is 0 Å². The van der Waals surface area contributed by atoms with Crippen LogP contribution < -0.4 is 0 Å². The Morgan fingerprint density at radius 3 is 2.17 bits per heavy atom. The van der Waals surface area contributed by atoms with Gasteiger partial charge in [-0.25, -0.2) is 0 Å². The van der Waals surface area contributed by atoms with E-state index in [-0.39, 0.29) is 5.41 Å². The maximum Gasteiger partial charge on any atom is 0.296 e. The molecule has 0 unspecified atom stereocenters. The molecule has 3 nitrogen and oxygen atoms in total. The molecule has 1 aromatic heterocycles. The Morgan fingerprint density at radius 1 is 1.00 bits per heavy atom. The minimum Gasteiger partial charge on any atom is -0.359 e. The average molecular weight is 237 g/mol. The van der Waals surface area contributed by atoms with Crippen molar-refractivity contribution in [2.24, 2.45) is 0 Å². The number of hydrogen-bond donors (Lipinski definition) is 0. The van der Waals surface area contributed by atoms with Gasteiger partial charge in [-0.15, -0.1) is 4.98 Å². The second-order valence-electron chi connectivity index (χ2n) is 5.17. The van der Waals surface area contributed by atoms with Gasteiger partial charge in [-0.3, -0.25) is 4.98 Å². The molecule has 90 valence electrons. The zero-order valence-electron chi connectivity index (χ0n) is 10.8. The highest BCUT2D eigenvalue weighted by Crippen LogP contribution is 2.28. The van der Waals surface area contributed by atoms with Crippen molar-refractivity contribution in [3.63, 3.8) is 0 Å². The van der Waals surface area contributed by atoms with Crippen molar-refractivity contribution in [1.82, 2.24) is 9.97 Å². The van der Waals surface area contributed by atoms with Crippen molar-refractivity contribution in [2.45, 2.75) is 26.2 Å². The Hall–Kier alpha value is -2.21. The maximum absolute atomic E-state index is 7.10. The molecule has 18 heavy (non-hydrogen) atoms. The van der Waals surface area contributed by atoms with Crippen molar-refractivity contribution in [3.05, 3.63) is 53.6 Å². The first kappa shape index (κ1) is 12.3. The second-order valence-corrected chi connectivity index (χ2v) is 5.17. The molecule has 1 heterocycles. The van der Waals surface area contributed by atoms with Crippen LogP contribution in [0.25, 0.3) is 16.1 Å². The maximum atomic E-state index is 7.10. The van der Waals surface area contributed by atoms with Gasteiger partial charge in [0.15, 0.2) is 0 Å². The van der Waals surface area contributed by atoms with Crippen molar-refractivity contribution in [3.8, 4) is 11.3 Å². The summed E-state index contributed by atoms with van der Waals surface area (Å²) in [4.78, 5) is 11.7. The van der Waals surface area contributed by atoms with E-state index in [4.69, 9.17) is 6.57 Å². The van der Waals surface area contributed by atoms with Crippen LogP contribution in [-0.2, 0) is 5.41 Å². The monoisotopic (exact) mass is 237 g/mol. The van der Waals surface area contributed by atoms with Crippen molar-refractivity contribution < 1.29 is 0 Å². The van der Waals surface area contributed by atoms with Crippen LogP contribution in [0.15, 0.2) is 36.7 Å². The van der Waals surface area contributed by atoms with E-state index in [9.17, 15) is 0 Å². The highest BCUT2D eigenvalue weighted by atomic mass is 14.9. The Morgan fingerprint density at radius 2 is 1.61 bits per heavy atom. The fourth-order valence-corrected chi connectivity index (χ4v) is 1.74. The molecule has 0 aliphatic carbocycles. The number of benzene rings is 1. The summed E-state index contributed by atoms with van der Waals surface area (Å²) in [6.45, 7) is 13.6. The van der Waals surface area contributed by atoms with E-state index < -0.39 is 0 Å². The normalized spacial score (nSPS) is 11.0. The van der Waals surface area contributed by atoms with Gasteiger partial charge in [-0.2, -0.15) is 0 Å². The summed E-state index contributed by atoms with van der Waals surface area (Å²) in [7, 11) is 0. The van der Waals surface area contributed by atoms with Crippen molar-refractivity contribution in [2.75, 3.05) is 0 Å². The summed E-state index contributed by atoms with van der Waals surface area (Å²) in [5.74, 6) is 0.348. The zero-order chi connectivity index (χ0) is 13.2. The smallest absolute Gasteiger partial charge is 0.296 e. The highest BCUT2D eigenvalue weighted by molar-refractivity contribution is 5.71. The largest absolute Gasteiger partial charge is 0.359 e. The average Bonchev–Trinajstić information content (AvgIpc) is 2.38. The van der Waals surface area contributed by atoms with Gasteiger partial charge < -0.3 is 4.85 Å². The van der Waals surface area contributed by atoms with Gasteiger partial charge in [0, 0.05) is 0 Å². The minimum absolute atomic E-state index is 0.128. The van der Waals surface area contributed by atoms with Gasteiger partial charge in [0.25, 0.3) is 5.82 Å². The summed E-state index contributed by atoms with van der Waals surface area (Å²) in [6, 6.07) is 8.16. The number of aromatic nitrogens is 2. The molecule has 1 aromatic carbocycles. The van der Waals surface area contributed by atoms with Crippen LogP contribution in [0.5, 0.6) is 0 Å². The third-order valence-electron chi connectivity index (χ3n) is 2.81. The van der Waals surface area contributed by atoms with Crippen LogP contribution in [0.4, 0.5) is 5.82 Å². The van der Waals surface area contributed by atoms with Crippen LogP contribution in [0.3, 0.4) is 0 Å². The second kappa shape index (κ2) is 4.58. The summed E-state index contributed by atoms with van der Waals surface area (Å²) in [5, 5.41) is 0.